The van der Waals surface area contributed by atoms with Crippen molar-refractivity contribution in [1.82, 2.24) is 10.2 Å². The summed E-state index contributed by atoms with van der Waals surface area (Å²) in [4.78, 5) is 41.2. The zero-order valence-electron chi connectivity index (χ0n) is 22.4. The van der Waals surface area contributed by atoms with Crippen molar-refractivity contribution in [3.05, 3.63) is 98.0 Å². The molecule has 4 rings (SSSR count). The number of benzene rings is 3. The summed E-state index contributed by atoms with van der Waals surface area (Å²) in [7, 11) is 0. The molecular formula is C30H30Cl3N3O5. The van der Waals surface area contributed by atoms with Crippen molar-refractivity contribution in [1.29, 1.82) is 0 Å². The molecule has 0 aliphatic carbocycles. The van der Waals surface area contributed by atoms with Crippen LogP contribution in [0.2, 0.25) is 15.1 Å². The number of amides is 2. The number of carbonyl (C=O) groups is 3. The summed E-state index contributed by atoms with van der Waals surface area (Å²) in [6.45, 7) is 5.37. The minimum Gasteiger partial charge on any atom is -0.463 e. The average Bonchev–Trinajstić information content (AvgIpc) is 2.94. The molecule has 11 heteroatoms. The summed E-state index contributed by atoms with van der Waals surface area (Å²) >= 11 is 18.6. The van der Waals surface area contributed by atoms with Crippen molar-refractivity contribution in [3.8, 4) is 0 Å². The fraction of sp³-hybridized carbons (Fsp3) is 0.300. The lowest BCUT2D eigenvalue weighted by Gasteiger charge is -2.26. The van der Waals surface area contributed by atoms with Crippen LogP contribution in [0.15, 0.2) is 60.7 Å². The third-order valence-electron chi connectivity index (χ3n) is 6.64. The van der Waals surface area contributed by atoms with Crippen molar-refractivity contribution < 1.29 is 23.9 Å². The van der Waals surface area contributed by atoms with Crippen molar-refractivity contribution in [2.24, 2.45) is 0 Å². The predicted octanol–water partition coefficient (Wildman–Crippen LogP) is 5.42. The minimum absolute atomic E-state index is 0.163. The first-order valence-electron chi connectivity index (χ1n) is 13.1. The number of morpholine rings is 1. The third-order valence-corrected chi connectivity index (χ3v) is 7.58. The van der Waals surface area contributed by atoms with Crippen LogP contribution in [-0.2, 0) is 20.7 Å². The lowest BCUT2D eigenvalue weighted by molar-refractivity contribution is -0.146. The maximum Gasteiger partial charge on any atom is 0.329 e. The van der Waals surface area contributed by atoms with Crippen molar-refractivity contribution in [2.45, 2.75) is 19.4 Å². The van der Waals surface area contributed by atoms with Gasteiger partial charge in [0.05, 0.1) is 39.4 Å². The Balaban J connectivity index is 1.45. The van der Waals surface area contributed by atoms with Gasteiger partial charge >= 0.3 is 5.97 Å². The smallest absolute Gasteiger partial charge is 0.329 e. The van der Waals surface area contributed by atoms with E-state index in [9.17, 15) is 14.4 Å². The van der Waals surface area contributed by atoms with Gasteiger partial charge in [-0.3, -0.25) is 14.5 Å². The lowest BCUT2D eigenvalue weighted by Crippen LogP contribution is -2.45. The van der Waals surface area contributed by atoms with E-state index in [0.717, 1.165) is 18.7 Å². The fourth-order valence-corrected chi connectivity index (χ4v) is 5.29. The van der Waals surface area contributed by atoms with E-state index in [1.807, 2.05) is 0 Å². The van der Waals surface area contributed by atoms with Crippen molar-refractivity contribution in [2.75, 3.05) is 44.8 Å². The molecule has 216 valence electrons. The normalized spacial score (nSPS) is 14.2. The highest BCUT2D eigenvalue weighted by Gasteiger charge is 2.26. The number of nitrogens with zero attached hydrogens (tertiary/aromatic N) is 1. The molecule has 2 amide bonds. The SMILES string of the molecule is Cc1cccc(Cl)c1C(=O)N[C@@H](Cc1ccc(NC(=O)c2c(Cl)cccc2Cl)cc1)C(=O)OCCN1CCOCC1. The highest BCUT2D eigenvalue weighted by Crippen LogP contribution is 2.25. The van der Waals surface area contributed by atoms with Gasteiger partial charge in [-0.05, 0) is 48.4 Å². The molecule has 41 heavy (non-hydrogen) atoms. The summed E-state index contributed by atoms with van der Waals surface area (Å²) in [6.07, 6.45) is 0.163. The molecule has 1 aliphatic rings. The molecule has 0 bridgehead atoms. The number of rotatable bonds is 10. The standard InChI is InChI=1S/C30H30Cl3N3O5/c1-19-4-2-5-22(31)26(19)28(37)35-25(30(39)41-17-14-36-12-15-40-16-13-36)18-20-8-10-21(11-9-20)34-29(38)27-23(32)6-3-7-24(27)33/h2-11,25H,12-18H2,1H3,(H,34,38)(H,35,37)/t25-/m0/s1. The topological polar surface area (TPSA) is 97.0 Å². The molecule has 0 saturated carbocycles. The Hall–Kier alpha value is -3.14. The van der Waals surface area contributed by atoms with E-state index in [0.29, 0.717) is 41.6 Å². The number of nitrogens with one attached hydrogen (secondary N) is 2. The van der Waals surface area contributed by atoms with Crippen LogP contribution in [0.4, 0.5) is 5.69 Å². The van der Waals surface area contributed by atoms with E-state index < -0.39 is 23.8 Å². The maximum absolute atomic E-state index is 13.2. The molecule has 1 fully saturated rings. The van der Waals surface area contributed by atoms with Gasteiger partial charge in [0.2, 0.25) is 0 Å². The van der Waals surface area contributed by atoms with Gasteiger partial charge in [0.25, 0.3) is 11.8 Å². The number of hydrogen-bond donors (Lipinski definition) is 2. The van der Waals surface area contributed by atoms with Crippen LogP contribution >= 0.6 is 34.8 Å². The van der Waals surface area contributed by atoms with E-state index >= 15 is 0 Å². The zero-order chi connectivity index (χ0) is 29.4. The zero-order valence-corrected chi connectivity index (χ0v) is 24.7. The molecule has 3 aromatic rings. The van der Waals surface area contributed by atoms with Crippen LogP contribution in [0.25, 0.3) is 0 Å². The Labute approximate surface area is 253 Å². The third kappa shape index (κ3) is 8.44. The summed E-state index contributed by atoms with van der Waals surface area (Å²) in [5, 5.41) is 6.35. The Bertz CT molecular complexity index is 1350. The lowest BCUT2D eigenvalue weighted by atomic mass is 10.0. The van der Waals surface area contributed by atoms with E-state index in [-0.39, 0.29) is 28.6 Å². The van der Waals surface area contributed by atoms with E-state index in [2.05, 4.69) is 15.5 Å². The molecular weight excluding hydrogens is 589 g/mol. The number of hydrogen-bond acceptors (Lipinski definition) is 6. The second kappa shape index (κ2) is 14.7. The summed E-state index contributed by atoms with van der Waals surface area (Å²) in [5.74, 6) is -1.47. The van der Waals surface area contributed by atoms with Gasteiger partial charge < -0.3 is 20.1 Å². The van der Waals surface area contributed by atoms with Gasteiger partial charge in [-0.15, -0.1) is 0 Å². The first kappa shape index (κ1) is 30.8. The Morgan fingerprint density at radius 2 is 1.49 bits per heavy atom. The molecule has 0 aromatic heterocycles. The van der Waals surface area contributed by atoms with Crippen molar-refractivity contribution >= 4 is 58.3 Å². The fourth-order valence-electron chi connectivity index (χ4n) is 4.41. The van der Waals surface area contributed by atoms with Gasteiger partial charge in [0, 0.05) is 31.7 Å². The van der Waals surface area contributed by atoms with Crippen LogP contribution in [0.5, 0.6) is 0 Å². The second-order valence-electron chi connectivity index (χ2n) is 9.53. The molecule has 2 N–H and O–H groups in total. The predicted molar refractivity (Wildman–Crippen MR) is 160 cm³/mol. The van der Waals surface area contributed by atoms with E-state index in [1.54, 1.807) is 67.6 Å². The Morgan fingerprint density at radius 1 is 0.878 bits per heavy atom. The Kier molecular flexibility index (Phi) is 11.0. The number of anilines is 1. The van der Waals surface area contributed by atoms with Crippen LogP contribution in [0, 0.1) is 6.92 Å². The molecule has 8 nitrogen and oxygen atoms in total. The van der Waals surface area contributed by atoms with Crippen LogP contribution < -0.4 is 10.6 Å². The first-order valence-corrected chi connectivity index (χ1v) is 14.2. The van der Waals surface area contributed by atoms with Crippen molar-refractivity contribution in [3.63, 3.8) is 0 Å². The second-order valence-corrected chi connectivity index (χ2v) is 10.8. The maximum atomic E-state index is 13.2. The average molecular weight is 619 g/mol. The van der Waals surface area contributed by atoms with Gasteiger partial charge in [0.15, 0.2) is 0 Å². The number of esters is 1. The van der Waals surface area contributed by atoms with Crippen LogP contribution in [0.3, 0.4) is 0 Å². The first-order chi connectivity index (χ1) is 19.7. The molecule has 0 unspecified atom stereocenters. The molecule has 1 heterocycles. The van der Waals surface area contributed by atoms with E-state index in [1.165, 1.54) is 0 Å². The van der Waals surface area contributed by atoms with E-state index in [4.69, 9.17) is 44.3 Å². The number of carbonyl (C=O) groups excluding carboxylic acids is 3. The highest BCUT2D eigenvalue weighted by molar-refractivity contribution is 6.40. The number of ether oxygens (including phenoxy) is 2. The Morgan fingerprint density at radius 3 is 2.12 bits per heavy atom. The molecule has 1 aliphatic heterocycles. The monoisotopic (exact) mass is 617 g/mol. The van der Waals surface area contributed by atoms with Gasteiger partial charge in [-0.25, -0.2) is 4.79 Å². The van der Waals surface area contributed by atoms with Gasteiger partial charge in [0.1, 0.15) is 12.6 Å². The molecule has 0 radical (unpaired) electrons. The van der Waals surface area contributed by atoms with Crippen LogP contribution in [0.1, 0.15) is 31.8 Å². The summed E-state index contributed by atoms with van der Waals surface area (Å²) < 4.78 is 10.9. The van der Waals surface area contributed by atoms with Crippen LogP contribution in [-0.4, -0.2) is 68.2 Å². The summed E-state index contributed by atoms with van der Waals surface area (Å²) in [6, 6.07) is 15.9. The molecule has 1 saturated heterocycles. The molecule has 3 aromatic carbocycles. The molecule has 0 spiro atoms. The largest absolute Gasteiger partial charge is 0.463 e. The molecule has 1 atom stereocenters. The minimum atomic E-state index is -0.967. The summed E-state index contributed by atoms with van der Waals surface area (Å²) in [5.41, 5.74) is 2.42. The highest BCUT2D eigenvalue weighted by atomic mass is 35.5. The van der Waals surface area contributed by atoms with Gasteiger partial charge in [-0.1, -0.05) is 65.1 Å². The quantitative estimate of drug-likeness (QED) is 0.295. The number of halogens is 3. The number of aryl methyl sites for hydroxylation is 1. The van der Waals surface area contributed by atoms with Gasteiger partial charge in [-0.2, -0.15) is 0 Å².